The lowest BCUT2D eigenvalue weighted by Gasteiger charge is -2.05. The third kappa shape index (κ3) is 4.22. The van der Waals surface area contributed by atoms with Crippen LogP contribution in [0.15, 0.2) is 60.7 Å². The second-order valence-electron chi connectivity index (χ2n) is 8.26. The number of halogens is 2. The number of benzene rings is 3. The van der Waals surface area contributed by atoms with Crippen LogP contribution in [0.2, 0.25) is 5.02 Å². The van der Waals surface area contributed by atoms with Crippen molar-refractivity contribution in [3.63, 3.8) is 0 Å². The molecule has 8 heteroatoms. The summed E-state index contributed by atoms with van der Waals surface area (Å²) in [7, 11) is 0. The first kappa shape index (κ1) is 22.0. The van der Waals surface area contributed by atoms with Gasteiger partial charge >= 0.3 is 0 Å². The zero-order chi connectivity index (χ0) is 23.8. The number of amides is 1. The van der Waals surface area contributed by atoms with Crippen LogP contribution in [0.1, 0.15) is 27.3 Å². The third-order valence-electron chi connectivity index (χ3n) is 5.94. The molecular weight excluding hydrogens is 455 g/mol. The smallest absolute Gasteiger partial charge is 0.272 e. The van der Waals surface area contributed by atoms with E-state index in [-0.39, 0.29) is 17.4 Å². The summed E-state index contributed by atoms with van der Waals surface area (Å²) in [5.41, 5.74) is 4.74. The summed E-state index contributed by atoms with van der Waals surface area (Å²) < 4.78 is 15.7. The molecule has 3 aromatic carbocycles. The molecule has 5 aromatic rings. The van der Waals surface area contributed by atoms with Gasteiger partial charge in [-0.15, -0.1) is 0 Å². The minimum atomic E-state index is -0.429. The largest absolute Gasteiger partial charge is 0.508 e. The molecule has 0 aliphatic heterocycles. The van der Waals surface area contributed by atoms with Gasteiger partial charge in [0.05, 0.1) is 12.1 Å². The normalized spacial score (nSPS) is 11.4. The molecule has 0 saturated heterocycles. The number of fused-ring (bicyclic) bond motifs is 2. The van der Waals surface area contributed by atoms with Crippen molar-refractivity contribution in [2.45, 2.75) is 19.9 Å². The summed E-state index contributed by atoms with van der Waals surface area (Å²) in [6, 6.07) is 16.9. The van der Waals surface area contributed by atoms with Crippen molar-refractivity contribution in [3.8, 4) is 5.75 Å². The van der Waals surface area contributed by atoms with Crippen molar-refractivity contribution < 1.29 is 14.3 Å². The van der Waals surface area contributed by atoms with E-state index in [1.807, 2.05) is 25.1 Å². The fraction of sp³-hybridized carbons (Fsp3) is 0.154. The van der Waals surface area contributed by atoms with E-state index in [0.717, 1.165) is 27.7 Å². The monoisotopic (exact) mass is 476 g/mol. The number of phenolic OH excluding ortho intramolecular Hbond substituents is 1. The molecule has 0 aliphatic carbocycles. The van der Waals surface area contributed by atoms with E-state index in [0.29, 0.717) is 35.4 Å². The van der Waals surface area contributed by atoms with E-state index < -0.39 is 5.82 Å². The Morgan fingerprint density at radius 3 is 2.71 bits per heavy atom. The van der Waals surface area contributed by atoms with Gasteiger partial charge in [0.15, 0.2) is 5.69 Å². The Hall–Kier alpha value is -3.84. The van der Waals surface area contributed by atoms with Gasteiger partial charge in [-0.05, 0) is 73.0 Å². The van der Waals surface area contributed by atoms with Crippen LogP contribution in [-0.4, -0.2) is 32.3 Å². The Morgan fingerprint density at radius 2 is 1.91 bits per heavy atom. The Bertz CT molecular complexity index is 1520. The van der Waals surface area contributed by atoms with Gasteiger partial charge in [-0.2, -0.15) is 5.10 Å². The molecule has 1 amide bonds. The number of aromatic amines is 1. The number of hydrogen-bond donors (Lipinski definition) is 3. The van der Waals surface area contributed by atoms with E-state index in [2.05, 4.69) is 15.4 Å². The maximum absolute atomic E-state index is 14.0. The summed E-state index contributed by atoms with van der Waals surface area (Å²) in [5, 5.41) is 19.3. The molecule has 172 valence electrons. The molecule has 3 N–H and O–H groups in total. The quantitative estimate of drug-likeness (QED) is 0.309. The van der Waals surface area contributed by atoms with Crippen molar-refractivity contribution in [1.82, 2.24) is 20.1 Å². The second-order valence-corrected chi connectivity index (χ2v) is 8.69. The van der Waals surface area contributed by atoms with Crippen LogP contribution in [-0.2, 0) is 13.0 Å². The highest BCUT2D eigenvalue weighted by molar-refractivity contribution is 6.30. The van der Waals surface area contributed by atoms with Crippen LogP contribution in [0.25, 0.3) is 21.8 Å². The van der Waals surface area contributed by atoms with Crippen LogP contribution in [0.4, 0.5) is 4.39 Å². The minimum Gasteiger partial charge on any atom is -0.508 e. The molecular formula is C26H22ClFN4O2. The van der Waals surface area contributed by atoms with E-state index in [1.54, 1.807) is 35.0 Å². The standard InChI is InChI=1S/C26H22ClFN4O2/c1-15-20(21-13-19(33)7-8-23(21)30-15)10-11-29-26(34)25-22-12-18(28)6-9-24(22)32(31-25)14-16-2-4-17(27)5-3-16/h2-9,12-13,30,33H,10-11,14H2,1H3,(H,29,34). The number of carbonyl (C=O) groups excluding carboxylic acids is 1. The first-order valence-electron chi connectivity index (χ1n) is 10.9. The number of hydrogen-bond acceptors (Lipinski definition) is 3. The van der Waals surface area contributed by atoms with Gasteiger partial charge in [-0.1, -0.05) is 23.7 Å². The number of aryl methyl sites for hydroxylation is 1. The maximum Gasteiger partial charge on any atom is 0.272 e. The van der Waals surface area contributed by atoms with Gasteiger partial charge < -0.3 is 15.4 Å². The lowest BCUT2D eigenvalue weighted by Crippen LogP contribution is -2.26. The van der Waals surface area contributed by atoms with Gasteiger partial charge in [0, 0.05) is 33.6 Å². The van der Waals surface area contributed by atoms with E-state index in [9.17, 15) is 14.3 Å². The Kier molecular flexibility index (Phi) is 5.71. The fourth-order valence-electron chi connectivity index (χ4n) is 4.28. The number of rotatable bonds is 6. The molecule has 0 atom stereocenters. The van der Waals surface area contributed by atoms with Crippen molar-refractivity contribution in [1.29, 1.82) is 0 Å². The van der Waals surface area contributed by atoms with Crippen molar-refractivity contribution in [2.75, 3.05) is 6.54 Å². The van der Waals surface area contributed by atoms with Crippen LogP contribution in [0.3, 0.4) is 0 Å². The summed E-state index contributed by atoms with van der Waals surface area (Å²) in [4.78, 5) is 16.3. The highest BCUT2D eigenvalue weighted by Crippen LogP contribution is 2.26. The van der Waals surface area contributed by atoms with Gasteiger partial charge in [0.1, 0.15) is 11.6 Å². The number of H-pyrrole nitrogens is 1. The molecule has 0 fully saturated rings. The lowest BCUT2D eigenvalue weighted by molar-refractivity contribution is 0.0950. The van der Waals surface area contributed by atoms with Crippen molar-refractivity contribution in [3.05, 3.63) is 94.0 Å². The Labute approximate surface area is 200 Å². The molecule has 2 aromatic heterocycles. The number of nitrogens with zero attached hydrogens (tertiary/aromatic N) is 2. The number of aromatic nitrogens is 3. The fourth-order valence-corrected chi connectivity index (χ4v) is 4.41. The summed E-state index contributed by atoms with van der Waals surface area (Å²) in [6.07, 6.45) is 0.568. The minimum absolute atomic E-state index is 0.178. The molecule has 2 heterocycles. The average molecular weight is 477 g/mol. The molecule has 6 nitrogen and oxygen atoms in total. The zero-order valence-electron chi connectivity index (χ0n) is 18.4. The summed E-state index contributed by atoms with van der Waals surface area (Å²) in [6.45, 7) is 2.75. The molecule has 0 aliphatic rings. The Balaban J connectivity index is 1.38. The number of nitrogens with one attached hydrogen (secondary N) is 2. The highest BCUT2D eigenvalue weighted by Gasteiger charge is 2.18. The van der Waals surface area contributed by atoms with Gasteiger partial charge in [-0.25, -0.2) is 4.39 Å². The Morgan fingerprint density at radius 1 is 1.12 bits per heavy atom. The van der Waals surface area contributed by atoms with Gasteiger partial charge in [0.2, 0.25) is 0 Å². The third-order valence-corrected chi connectivity index (χ3v) is 6.19. The molecule has 0 bridgehead atoms. The first-order chi connectivity index (χ1) is 16.4. The zero-order valence-corrected chi connectivity index (χ0v) is 19.2. The van der Waals surface area contributed by atoms with E-state index in [1.165, 1.54) is 12.1 Å². The molecule has 0 unspecified atom stereocenters. The second kappa shape index (κ2) is 8.83. The van der Waals surface area contributed by atoms with E-state index >= 15 is 0 Å². The molecule has 0 spiro atoms. The van der Waals surface area contributed by atoms with Crippen molar-refractivity contribution in [2.24, 2.45) is 0 Å². The molecule has 5 rings (SSSR count). The number of phenols is 1. The number of carbonyl (C=O) groups is 1. The lowest BCUT2D eigenvalue weighted by atomic mass is 10.1. The average Bonchev–Trinajstić information content (AvgIpc) is 3.32. The van der Waals surface area contributed by atoms with Crippen LogP contribution >= 0.6 is 11.6 Å². The van der Waals surface area contributed by atoms with Crippen LogP contribution < -0.4 is 5.32 Å². The predicted octanol–water partition coefficient (Wildman–Crippen LogP) is 5.34. The number of aromatic hydroxyl groups is 1. The predicted molar refractivity (Wildman–Crippen MR) is 131 cm³/mol. The van der Waals surface area contributed by atoms with Crippen LogP contribution in [0.5, 0.6) is 5.75 Å². The topological polar surface area (TPSA) is 82.9 Å². The summed E-state index contributed by atoms with van der Waals surface area (Å²) >= 11 is 5.98. The van der Waals surface area contributed by atoms with Crippen molar-refractivity contribution >= 4 is 39.3 Å². The van der Waals surface area contributed by atoms with Gasteiger partial charge in [-0.3, -0.25) is 9.48 Å². The van der Waals surface area contributed by atoms with E-state index in [4.69, 9.17) is 11.6 Å². The van der Waals surface area contributed by atoms with Crippen LogP contribution in [0, 0.1) is 12.7 Å². The molecule has 0 radical (unpaired) electrons. The maximum atomic E-state index is 14.0. The van der Waals surface area contributed by atoms with Gasteiger partial charge in [0.25, 0.3) is 5.91 Å². The molecule has 34 heavy (non-hydrogen) atoms. The molecule has 0 saturated carbocycles. The SMILES string of the molecule is Cc1[nH]c2ccc(O)cc2c1CCNC(=O)c1nn(Cc2ccc(Cl)cc2)c2ccc(F)cc12. The highest BCUT2D eigenvalue weighted by atomic mass is 35.5. The summed E-state index contributed by atoms with van der Waals surface area (Å²) in [5.74, 6) is -0.607. The first-order valence-corrected chi connectivity index (χ1v) is 11.3.